The molecule has 3 aromatic rings. The summed E-state index contributed by atoms with van der Waals surface area (Å²) in [5, 5.41) is 15.2. The molecule has 1 amide bonds. The molecule has 2 aromatic heterocycles. The Bertz CT molecular complexity index is 941. The van der Waals surface area contributed by atoms with E-state index in [-0.39, 0.29) is 18.0 Å². The second-order valence-electron chi connectivity index (χ2n) is 7.08. The number of benzene rings is 1. The summed E-state index contributed by atoms with van der Waals surface area (Å²) in [5.41, 5.74) is 2.32. The first-order valence-electron chi connectivity index (χ1n) is 9.09. The van der Waals surface area contributed by atoms with Crippen molar-refractivity contribution < 1.29 is 14.1 Å². The van der Waals surface area contributed by atoms with Crippen molar-refractivity contribution in [2.24, 2.45) is 0 Å². The predicted octanol–water partition coefficient (Wildman–Crippen LogP) is 2.18. The fraction of sp³-hybridized carbons (Fsp3) is 0.368. The van der Waals surface area contributed by atoms with Crippen LogP contribution >= 0.6 is 0 Å². The molecule has 1 saturated heterocycles. The third kappa shape index (κ3) is 3.02. The Balaban J connectivity index is 1.19. The van der Waals surface area contributed by atoms with E-state index in [9.17, 15) is 4.79 Å². The SMILES string of the molecule is O=C(NC1CC(n2nncc2C2COC2)C1)c1cc(-c2ccccc2)on1. The topological polar surface area (TPSA) is 95.1 Å². The van der Waals surface area contributed by atoms with Gasteiger partial charge in [0, 0.05) is 23.6 Å². The second kappa shape index (κ2) is 6.62. The molecule has 2 aliphatic rings. The maximum atomic E-state index is 12.4. The van der Waals surface area contributed by atoms with Crippen molar-refractivity contribution in [3.63, 3.8) is 0 Å². The van der Waals surface area contributed by atoms with E-state index in [4.69, 9.17) is 9.26 Å². The van der Waals surface area contributed by atoms with Crippen molar-refractivity contribution in [2.75, 3.05) is 13.2 Å². The summed E-state index contributed by atoms with van der Waals surface area (Å²) in [6.45, 7) is 1.46. The number of nitrogens with one attached hydrogen (secondary N) is 1. The quantitative estimate of drug-likeness (QED) is 0.745. The molecule has 1 aromatic carbocycles. The Morgan fingerprint density at radius 3 is 2.74 bits per heavy atom. The lowest BCUT2D eigenvalue weighted by atomic mass is 9.86. The van der Waals surface area contributed by atoms with Crippen LogP contribution < -0.4 is 5.32 Å². The van der Waals surface area contributed by atoms with Gasteiger partial charge in [-0.05, 0) is 12.8 Å². The van der Waals surface area contributed by atoms with Crippen LogP contribution in [-0.2, 0) is 4.74 Å². The van der Waals surface area contributed by atoms with Gasteiger partial charge >= 0.3 is 0 Å². The molecule has 5 rings (SSSR count). The molecular weight excluding hydrogens is 346 g/mol. The molecule has 2 fully saturated rings. The Morgan fingerprint density at radius 1 is 1.19 bits per heavy atom. The van der Waals surface area contributed by atoms with Crippen LogP contribution in [0.2, 0.25) is 0 Å². The molecule has 0 radical (unpaired) electrons. The minimum Gasteiger partial charge on any atom is -0.380 e. The highest BCUT2D eigenvalue weighted by molar-refractivity contribution is 5.93. The maximum absolute atomic E-state index is 12.4. The summed E-state index contributed by atoms with van der Waals surface area (Å²) in [6, 6.07) is 11.6. The van der Waals surface area contributed by atoms with Crippen LogP contribution in [-0.4, -0.2) is 45.3 Å². The van der Waals surface area contributed by atoms with Crippen LogP contribution in [0.4, 0.5) is 0 Å². The Morgan fingerprint density at radius 2 is 2.00 bits per heavy atom. The van der Waals surface area contributed by atoms with Gasteiger partial charge in [0.2, 0.25) is 0 Å². The average Bonchev–Trinajstić information content (AvgIpc) is 3.27. The number of nitrogens with zero attached hydrogens (tertiary/aromatic N) is 4. The van der Waals surface area contributed by atoms with Crippen LogP contribution in [0.15, 0.2) is 47.1 Å². The third-order valence-corrected chi connectivity index (χ3v) is 5.25. The molecule has 0 bridgehead atoms. The first kappa shape index (κ1) is 16.2. The van der Waals surface area contributed by atoms with Crippen molar-refractivity contribution >= 4 is 5.91 Å². The van der Waals surface area contributed by atoms with E-state index in [2.05, 4.69) is 20.8 Å². The smallest absolute Gasteiger partial charge is 0.273 e. The minimum absolute atomic E-state index is 0.106. The lowest BCUT2D eigenvalue weighted by Crippen LogP contribution is -2.46. The number of aromatic nitrogens is 4. The maximum Gasteiger partial charge on any atom is 0.273 e. The molecular formula is C19H19N5O3. The molecule has 8 nitrogen and oxygen atoms in total. The van der Waals surface area contributed by atoms with E-state index >= 15 is 0 Å². The summed E-state index contributed by atoms with van der Waals surface area (Å²) < 4.78 is 12.5. The lowest BCUT2D eigenvalue weighted by Gasteiger charge is -2.37. The highest BCUT2D eigenvalue weighted by Gasteiger charge is 2.36. The fourth-order valence-electron chi connectivity index (χ4n) is 3.52. The summed E-state index contributed by atoms with van der Waals surface area (Å²) in [5.74, 6) is 0.762. The summed E-state index contributed by atoms with van der Waals surface area (Å²) >= 11 is 0. The molecule has 1 N–H and O–H groups in total. The van der Waals surface area contributed by atoms with Gasteiger partial charge in [0.05, 0.1) is 31.1 Å². The van der Waals surface area contributed by atoms with Gasteiger partial charge in [0.1, 0.15) is 0 Å². The number of carbonyl (C=O) groups is 1. The first-order valence-corrected chi connectivity index (χ1v) is 9.09. The minimum atomic E-state index is -0.212. The average molecular weight is 365 g/mol. The molecule has 27 heavy (non-hydrogen) atoms. The molecule has 1 aliphatic carbocycles. The lowest BCUT2D eigenvalue weighted by molar-refractivity contribution is 0.00301. The van der Waals surface area contributed by atoms with Gasteiger partial charge in [-0.2, -0.15) is 0 Å². The number of hydrogen-bond donors (Lipinski definition) is 1. The third-order valence-electron chi connectivity index (χ3n) is 5.25. The van der Waals surface area contributed by atoms with Gasteiger partial charge in [-0.15, -0.1) is 5.10 Å². The van der Waals surface area contributed by atoms with Gasteiger partial charge in [-0.25, -0.2) is 4.68 Å². The van der Waals surface area contributed by atoms with Gasteiger partial charge in [-0.3, -0.25) is 4.79 Å². The molecule has 138 valence electrons. The number of amides is 1. The van der Waals surface area contributed by atoms with Gasteiger partial charge in [0.25, 0.3) is 5.91 Å². The van der Waals surface area contributed by atoms with Crippen LogP contribution in [0.3, 0.4) is 0 Å². The summed E-state index contributed by atoms with van der Waals surface area (Å²) in [7, 11) is 0. The van der Waals surface area contributed by atoms with E-state index in [1.54, 1.807) is 6.07 Å². The largest absolute Gasteiger partial charge is 0.380 e. The number of rotatable bonds is 5. The number of ether oxygens (including phenoxy) is 1. The summed E-state index contributed by atoms with van der Waals surface area (Å²) in [4.78, 5) is 12.4. The predicted molar refractivity (Wildman–Crippen MR) is 95.0 cm³/mol. The second-order valence-corrected chi connectivity index (χ2v) is 7.08. The van der Waals surface area contributed by atoms with E-state index in [0.717, 1.165) is 37.3 Å². The highest BCUT2D eigenvalue weighted by Crippen LogP contribution is 2.35. The molecule has 8 heteroatoms. The van der Waals surface area contributed by atoms with E-state index in [1.807, 2.05) is 41.2 Å². The fourth-order valence-corrected chi connectivity index (χ4v) is 3.52. The van der Waals surface area contributed by atoms with Crippen LogP contribution in [0.5, 0.6) is 0 Å². The molecule has 1 saturated carbocycles. The normalized spacial score (nSPS) is 22.1. The number of carbonyl (C=O) groups excluding carboxylic acids is 1. The highest BCUT2D eigenvalue weighted by atomic mass is 16.5. The van der Waals surface area contributed by atoms with Crippen molar-refractivity contribution in [1.82, 2.24) is 25.5 Å². The Kier molecular flexibility index (Phi) is 3.97. The monoisotopic (exact) mass is 365 g/mol. The van der Waals surface area contributed by atoms with Crippen molar-refractivity contribution in [1.29, 1.82) is 0 Å². The zero-order valence-electron chi connectivity index (χ0n) is 14.6. The van der Waals surface area contributed by atoms with Gasteiger partial charge in [0.15, 0.2) is 11.5 Å². The Hall–Kier alpha value is -3.00. The van der Waals surface area contributed by atoms with Crippen LogP contribution in [0.1, 0.15) is 41.0 Å². The van der Waals surface area contributed by atoms with E-state index in [1.165, 1.54) is 0 Å². The molecule has 0 spiro atoms. The van der Waals surface area contributed by atoms with E-state index in [0.29, 0.717) is 17.4 Å². The standard InChI is InChI=1S/C19H19N5O3/c25-19(16-8-18(27-22-16)12-4-2-1-3-5-12)21-14-6-15(7-14)24-17(9-20-23-24)13-10-26-11-13/h1-5,8-9,13-15H,6-7,10-11H2,(H,21,25). The molecule has 0 atom stereocenters. The molecule has 1 aliphatic heterocycles. The zero-order chi connectivity index (χ0) is 18.2. The van der Waals surface area contributed by atoms with Crippen LogP contribution in [0, 0.1) is 0 Å². The van der Waals surface area contributed by atoms with Crippen molar-refractivity contribution in [2.45, 2.75) is 30.8 Å². The zero-order valence-corrected chi connectivity index (χ0v) is 14.6. The van der Waals surface area contributed by atoms with Gasteiger partial charge in [-0.1, -0.05) is 40.7 Å². The van der Waals surface area contributed by atoms with Crippen LogP contribution in [0.25, 0.3) is 11.3 Å². The Labute approximate surface area is 155 Å². The van der Waals surface area contributed by atoms with Crippen molar-refractivity contribution in [3.8, 4) is 11.3 Å². The molecule has 0 unspecified atom stereocenters. The first-order chi connectivity index (χ1) is 13.3. The van der Waals surface area contributed by atoms with E-state index < -0.39 is 0 Å². The van der Waals surface area contributed by atoms with Crippen molar-refractivity contribution in [3.05, 3.63) is 54.0 Å². The molecule has 3 heterocycles. The summed E-state index contributed by atoms with van der Waals surface area (Å²) in [6.07, 6.45) is 3.48. The van der Waals surface area contributed by atoms with Gasteiger partial charge < -0.3 is 14.6 Å². The number of hydrogen-bond acceptors (Lipinski definition) is 6.